The number of nitrogens with one attached hydrogen (secondary N) is 2. The second-order valence-electron chi connectivity index (χ2n) is 9.74. The van der Waals surface area contributed by atoms with Crippen LogP contribution in [0.3, 0.4) is 0 Å². The lowest BCUT2D eigenvalue weighted by molar-refractivity contribution is -0.145. The van der Waals surface area contributed by atoms with Crippen molar-refractivity contribution in [3.8, 4) is 11.3 Å². The zero-order valence-corrected chi connectivity index (χ0v) is 21.9. The van der Waals surface area contributed by atoms with Crippen LogP contribution in [0.25, 0.3) is 11.3 Å². The summed E-state index contributed by atoms with van der Waals surface area (Å²) in [5.41, 5.74) is 2.99. The van der Waals surface area contributed by atoms with E-state index in [-0.39, 0.29) is 24.8 Å². The van der Waals surface area contributed by atoms with Crippen LogP contribution in [-0.2, 0) is 29.0 Å². The second-order valence-corrected chi connectivity index (χ2v) is 10.7. The van der Waals surface area contributed by atoms with Crippen LogP contribution < -0.4 is 10.6 Å². The van der Waals surface area contributed by atoms with Crippen LogP contribution in [0.1, 0.15) is 39.3 Å². The lowest BCUT2D eigenvalue weighted by Crippen LogP contribution is -2.43. The SMILES string of the molecule is CN(C)CCCNC(=O)c1ccccc1-c1csc(CNC(=O)C2(CC(=O)O)Cc3ccccc3C2)n1. The first-order valence-corrected chi connectivity index (χ1v) is 13.2. The topological polar surface area (TPSA) is 112 Å². The number of aromatic nitrogens is 1. The van der Waals surface area contributed by atoms with Crippen LogP contribution in [0.5, 0.6) is 0 Å². The third-order valence-corrected chi connectivity index (χ3v) is 7.46. The summed E-state index contributed by atoms with van der Waals surface area (Å²) in [6, 6.07) is 15.1. The van der Waals surface area contributed by atoms with Gasteiger partial charge in [-0.1, -0.05) is 42.5 Å². The fourth-order valence-corrected chi connectivity index (χ4v) is 5.54. The molecule has 1 aromatic heterocycles. The highest BCUT2D eigenvalue weighted by Crippen LogP contribution is 2.40. The summed E-state index contributed by atoms with van der Waals surface area (Å²) in [5.74, 6) is -1.41. The molecule has 2 aromatic carbocycles. The van der Waals surface area contributed by atoms with Gasteiger partial charge in [-0.3, -0.25) is 14.4 Å². The number of carbonyl (C=O) groups is 3. The average Bonchev–Trinajstić information content (AvgIpc) is 3.49. The van der Waals surface area contributed by atoms with Crippen molar-refractivity contribution >= 4 is 29.1 Å². The minimum absolute atomic E-state index is 0.145. The largest absolute Gasteiger partial charge is 0.481 e. The molecule has 0 fully saturated rings. The third-order valence-electron chi connectivity index (χ3n) is 6.61. The molecule has 0 spiro atoms. The highest BCUT2D eigenvalue weighted by atomic mass is 32.1. The Morgan fingerprint density at radius 1 is 1.03 bits per heavy atom. The fourth-order valence-electron chi connectivity index (χ4n) is 4.81. The Bertz CT molecular complexity index is 1260. The molecule has 0 bridgehead atoms. The molecule has 0 radical (unpaired) electrons. The zero-order chi connectivity index (χ0) is 26.4. The Morgan fingerprint density at radius 3 is 2.38 bits per heavy atom. The van der Waals surface area contributed by atoms with Gasteiger partial charge in [0, 0.05) is 23.1 Å². The number of fused-ring (bicyclic) bond motifs is 1. The Kier molecular flexibility index (Phi) is 8.35. The van der Waals surface area contributed by atoms with Gasteiger partial charge in [-0.25, -0.2) is 4.98 Å². The van der Waals surface area contributed by atoms with Crippen LogP contribution in [0, 0.1) is 5.41 Å². The van der Waals surface area contributed by atoms with E-state index in [2.05, 4.69) is 20.5 Å². The summed E-state index contributed by atoms with van der Waals surface area (Å²) in [6.45, 7) is 1.67. The molecule has 2 amide bonds. The lowest BCUT2D eigenvalue weighted by Gasteiger charge is -2.25. The van der Waals surface area contributed by atoms with Crippen molar-refractivity contribution in [2.45, 2.75) is 32.2 Å². The fraction of sp³-hybridized carbons (Fsp3) is 0.357. The molecule has 0 atom stereocenters. The number of carboxylic acid groups (broad SMARTS) is 1. The van der Waals surface area contributed by atoms with E-state index in [1.807, 2.05) is 61.9 Å². The van der Waals surface area contributed by atoms with Crippen LogP contribution in [0.2, 0.25) is 0 Å². The molecule has 9 heteroatoms. The van der Waals surface area contributed by atoms with Gasteiger partial charge in [0.25, 0.3) is 5.91 Å². The number of hydrogen-bond acceptors (Lipinski definition) is 6. The van der Waals surface area contributed by atoms with E-state index in [4.69, 9.17) is 0 Å². The minimum Gasteiger partial charge on any atom is -0.481 e. The first-order valence-electron chi connectivity index (χ1n) is 12.3. The molecular formula is C28H32N4O4S. The predicted octanol–water partition coefficient (Wildman–Crippen LogP) is 3.37. The van der Waals surface area contributed by atoms with Crippen LogP contribution in [-0.4, -0.2) is 60.0 Å². The smallest absolute Gasteiger partial charge is 0.304 e. The first kappa shape index (κ1) is 26.5. The van der Waals surface area contributed by atoms with Gasteiger partial charge in [0.05, 0.1) is 24.1 Å². The number of amides is 2. The molecular weight excluding hydrogens is 488 g/mol. The van der Waals surface area contributed by atoms with Crippen molar-refractivity contribution in [3.63, 3.8) is 0 Å². The summed E-state index contributed by atoms with van der Waals surface area (Å²) < 4.78 is 0. The molecule has 0 saturated heterocycles. The number of nitrogens with zero attached hydrogens (tertiary/aromatic N) is 2. The second kappa shape index (κ2) is 11.7. The maximum Gasteiger partial charge on any atom is 0.304 e. The van der Waals surface area contributed by atoms with Gasteiger partial charge in [-0.05, 0) is 57.1 Å². The van der Waals surface area contributed by atoms with Gasteiger partial charge in [0.15, 0.2) is 0 Å². The average molecular weight is 521 g/mol. The van der Waals surface area contributed by atoms with Gasteiger partial charge in [-0.2, -0.15) is 0 Å². The molecule has 3 N–H and O–H groups in total. The van der Waals surface area contributed by atoms with Gasteiger partial charge in [-0.15, -0.1) is 11.3 Å². The predicted molar refractivity (Wildman–Crippen MR) is 143 cm³/mol. The summed E-state index contributed by atoms with van der Waals surface area (Å²) in [4.78, 5) is 44.5. The van der Waals surface area contributed by atoms with E-state index in [9.17, 15) is 19.5 Å². The minimum atomic E-state index is -1.01. The number of carbonyl (C=O) groups excluding carboxylic acids is 2. The highest BCUT2D eigenvalue weighted by Gasteiger charge is 2.45. The summed E-state index contributed by atoms with van der Waals surface area (Å²) in [6.07, 6.45) is 1.44. The molecule has 3 aromatic rings. The normalized spacial score (nSPS) is 13.8. The van der Waals surface area contributed by atoms with Crippen LogP contribution in [0.4, 0.5) is 0 Å². The molecule has 0 aliphatic heterocycles. The number of aliphatic carboxylic acids is 1. The van der Waals surface area contributed by atoms with Crippen molar-refractivity contribution in [2.75, 3.05) is 27.2 Å². The van der Waals surface area contributed by atoms with Gasteiger partial charge in [0.1, 0.15) is 5.01 Å². The standard InChI is InChI=1S/C28H32N4O4S/c1-32(2)13-7-12-29-26(35)22-11-6-5-10-21(22)23-18-37-24(31-23)17-30-27(36)28(16-25(33)34)14-19-8-3-4-9-20(19)15-28/h3-6,8-11,18H,7,12-17H2,1-2H3,(H,29,35)(H,30,36)(H,33,34). The molecule has 0 saturated carbocycles. The molecule has 4 rings (SSSR count). The van der Waals surface area contributed by atoms with Gasteiger partial charge >= 0.3 is 5.97 Å². The molecule has 0 unspecified atom stereocenters. The van der Waals surface area contributed by atoms with E-state index in [1.54, 1.807) is 6.07 Å². The van der Waals surface area contributed by atoms with E-state index < -0.39 is 11.4 Å². The number of carboxylic acids is 1. The molecule has 1 aliphatic rings. The first-order chi connectivity index (χ1) is 17.8. The van der Waals surface area contributed by atoms with Crippen molar-refractivity contribution in [1.29, 1.82) is 0 Å². The summed E-state index contributed by atoms with van der Waals surface area (Å²) >= 11 is 1.39. The van der Waals surface area contributed by atoms with Crippen molar-refractivity contribution in [2.24, 2.45) is 5.41 Å². The number of benzene rings is 2. The molecule has 37 heavy (non-hydrogen) atoms. The van der Waals surface area contributed by atoms with Crippen LogP contribution in [0.15, 0.2) is 53.9 Å². The maximum atomic E-state index is 13.3. The quantitative estimate of drug-likeness (QED) is 0.334. The van der Waals surface area contributed by atoms with Gasteiger partial charge < -0.3 is 20.6 Å². The Balaban J connectivity index is 1.42. The van der Waals surface area contributed by atoms with Crippen molar-refractivity contribution < 1.29 is 19.5 Å². The summed E-state index contributed by atoms with van der Waals surface area (Å²) in [5, 5.41) is 18.0. The lowest BCUT2D eigenvalue weighted by atomic mass is 9.80. The van der Waals surface area contributed by atoms with E-state index in [1.165, 1.54) is 11.3 Å². The number of hydrogen-bond donors (Lipinski definition) is 3. The third kappa shape index (κ3) is 6.42. The Hall–Kier alpha value is -3.56. The zero-order valence-electron chi connectivity index (χ0n) is 21.1. The van der Waals surface area contributed by atoms with E-state index in [0.29, 0.717) is 35.7 Å². The molecule has 1 heterocycles. The monoisotopic (exact) mass is 520 g/mol. The highest BCUT2D eigenvalue weighted by molar-refractivity contribution is 7.09. The molecule has 194 valence electrons. The molecule has 8 nitrogen and oxygen atoms in total. The number of thiazole rings is 1. The van der Waals surface area contributed by atoms with Crippen molar-refractivity contribution in [1.82, 2.24) is 20.5 Å². The summed E-state index contributed by atoms with van der Waals surface area (Å²) in [7, 11) is 4.00. The Labute approximate surface area is 220 Å². The van der Waals surface area contributed by atoms with Gasteiger partial charge in [0.2, 0.25) is 5.91 Å². The Morgan fingerprint density at radius 2 is 1.70 bits per heavy atom. The van der Waals surface area contributed by atoms with E-state index >= 15 is 0 Å². The van der Waals surface area contributed by atoms with Crippen molar-refractivity contribution in [3.05, 3.63) is 75.6 Å². The molecule has 1 aliphatic carbocycles. The maximum absolute atomic E-state index is 13.3. The van der Waals surface area contributed by atoms with Crippen LogP contribution >= 0.6 is 11.3 Å². The number of rotatable bonds is 11. The van der Waals surface area contributed by atoms with E-state index in [0.717, 1.165) is 29.7 Å².